The third-order valence-corrected chi connectivity index (χ3v) is 2.98. The number of nitrogens with one attached hydrogen (secondary N) is 1. The fourth-order valence-corrected chi connectivity index (χ4v) is 2.09. The lowest BCUT2D eigenvalue weighted by atomic mass is 10.1. The van der Waals surface area contributed by atoms with Gasteiger partial charge in [0.2, 0.25) is 0 Å². The highest BCUT2D eigenvalue weighted by Crippen LogP contribution is 2.21. The molecule has 0 bridgehead atoms. The highest BCUT2D eigenvalue weighted by Gasteiger charge is 2.09. The zero-order valence-electron chi connectivity index (χ0n) is 11.5. The number of aryl methyl sites for hydroxylation is 1. The minimum absolute atomic E-state index is 0.195. The highest BCUT2D eigenvalue weighted by atomic mass is 19.1. The molecule has 1 N–H and O–H groups in total. The predicted octanol–water partition coefficient (Wildman–Crippen LogP) is 1.91. The van der Waals surface area contributed by atoms with Crippen LogP contribution in [0.2, 0.25) is 0 Å². The van der Waals surface area contributed by atoms with Gasteiger partial charge in [-0.1, -0.05) is 6.07 Å². The lowest BCUT2D eigenvalue weighted by molar-refractivity contribution is 0.618. The number of rotatable bonds is 5. The van der Waals surface area contributed by atoms with Gasteiger partial charge in [0.05, 0.1) is 11.9 Å². The second-order valence-corrected chi connectivity index (χ2v) is 4.69. The van der Waals surface area contributed by atoms with Crippen molar-refractivity contribution in [2.24, 2.45) is 7.05 Å². The van der Waals surface area contributed by atoms with Crippen molar-refractivity contribution in [2.75, 3.05) is 19.0 Å². The average Bonchev–Trinajstić information content (AvgIpc) is 2.75. The Bertz CT molecular complexity index is 550. The Morgan fingerprint density at radius 2 is 2.16 bits per heavy atom. The van der Waals surface area contributed by atoms with Crippen molar-refractivity contribution in [1.29, 1.82) is 0 Å². The Kier molecular flexibility index (Phi) is 4.16. The molecule has 2 rings (SSSR count). The van der Waals surface area contributed by atoms with Crippen LogP contribution in [0.25, 0.3) is 0 Å². The Labute approximate surface area is 112 Å². The summed E-state index contributed by atoms with van der Waals surface area (Å²) in [5, 5.41) is 7.12. The molecule has 0 aliphatic rings. The zero-order chi connectivity index (χ0) is 13.8. The van der Waals surface area contributed by atoms with Gasteiger partial charge in [0, 0.05) is 38.9 Å². The molecule has 0 spiro atoms. The minimum Gasteiger partial charge on any atom is -0.368 e. The van der Waals surface area contributed by atoms with Gasteiger partial charge in [-0.2, -0.15) is 5.10 Å². The molecule has 0 aliphatic carbocycles. The molecule has 0 saturated heterocycles. The van der Waals surface area contributed by atoms with Gasteiger partial charge in [0.25, 0.3) is 0 Å². The van der Waals surface area contributed by atoms with Crippen molar-refractivity contribution in [3.05, 3.63) is 47.5 Å². The summed E-state index contributed by atoms with van der Waals surface area (Å²) in [4.78, 5) is 1.88. The molecule has 1 aromatic heterocycles. The quantitative estimate of drug-likeness (QED) is 0.893. The molecule has 102 valence electrons. The molecule has 0 saturated carbocycles. The van der Waals surface area contributed by atoms with Crippen molar-refractivity contribution in [3.8, 4) is 0 Å². The van der Waals surface area contributed by atoms with Crippen LogP contribution in [0.3, 0.4) is 0 Å². The van der Waals surface area contributed by atoms with E-state index in [0.717, 1.165) is 11.1 Å². The van der Waals surface area contributed by atoms with Crippen LogP contribution in [-0.2, 0) is 20.1 Å². The van der Waals surface area contributed by atoms with Gasteiger partial charge >= 0.3 is 0 Å². The van der Waals surface area contributed by atoms with Gasteiger partial charge in [-0.25, -0.2) is 4.39 Å². The summed E-state index contributed by atoms with van der Waals surface area (Å²) in [6.07, 6.45) is 3.73. The first-order chi connectivity index (χ1) is 9.10. The van der Waals surface area contributed by atoms with E-state index in [2.05, 4.69) is 10.4 Å². The molecule has 0 fully saturated rings. The molecule has 0 radical (unpaired) electrons. The van der Waals surface area contributed by atoms with Gasteiger partial charge in [-0.3, -0.25) is 4.68 Å². The fraction of sp³-hybridized carbons (Fsp3) is 0.357. The van der Waals surface area contributed by atoms with Gasteiger partial charge in [-0.05, 0) is 24.7 Å². The number of hydrogen-bond acceptors (Lipinski definition) is 3. The summed E-state index contributed by atoms with van der Waals surface area (Å²) in [5.41, 5.74) is 2.60. The lowest BCUT2D eigenvalue weighted by Gasteiger charge is -2.19. The van der Waals surface area contributed by atoms with Crippen LogP contribution in [0.1, 0.15) is 11.1 Å². The Hall–Kier alpha value is -1.88. The van der Waals surface area contributed by atoms with E-state index < -0.39 is 0 Å². The van der Waals surface area contributed by atoms with Gasteiger partial charge in [0.1, 0.15) is 5.82 Å². The first-order valence-corrected chi connectivity index (χ1v) is 6.22. The van der Waals surface area contributed by atoms with Gasteiger partial charge in [-0.15, -0.1) is 0 Å². The molecule has 0 atom stereocenters. The predicted molar refractivity (Wildman–Crippen MR) is 74.5 cm³/mol. The van der Waals surface area contributed by atoms with Crippen molar-refractivity contribution in [1.82, 2.24) is 15.1 Å². The summed E-state index contributed by atoms with van der Waals surface area (Å²) < 4.78 is 15.8. The van der Waals surface area contributed by atoms with Crippen molar-refractivity contribution in [2.45, 2.75) is 13.1 Å². The smallest absolute Gasteiger partial charge is 0.146 e. The van der Waals surface area contributed by atoms with E-state index in [4.69, 9.17) is 0 Å². The highest BCUT2D eigenvalue weighted by molar-refractivity contribution is 5.48. The summed E-state index contributed by atoms with van der Waals surface area (Å²) >= 11 is 0. The second-order valence-electron chi connectivity index (χ2n) is 4.69. The SMILES string of the molecule is CNCc1ccc(N(C)Cc2cnn(C)c2)c(F)c1. The van der Waals surface area contributed by atoms with E-state index in [-0.39, 0.29) is 5.82 Å². The maximum Gasteiger partial charge on any atom is 0.146 e. The van der Waals surface area contributed by atoms with E-state index in [9.17, 15) is 4.39 Å². The molecule has 0 amide bonds. The average molecular weight is 262 g/mol. The Morgan fingerprint density at radius 3 is 2.74 bits per heavy atom. The zero-order valence-corrected chi connectivity index (χ0v) is 11.5. The standard InChI is InChI=1S/C14H19FN4/c1-16-7-11-4-5-14(13(15)6-11)18(2)9-12-8-17-19(3)10-12/h4-6,8,10,16H,7,9H2,1-3H3. The summed E-state index contributed by atoms with van der Waals surface area (Å²) in [5.74, 6) is -0.195. The van der Waals surface area contributed by atoms with Crippen molar-refractivity contribution < 1.29 is 4.39 Å². The monoisotopic (exact) mass is 262 g/mol. The largest absolute Gasteiger partial charge is 0.368 e. The fourth-order valence-electron chi connectivity index (χ4n) is 2.09. The first kappa shape index (κ1) is 13.5. The van der Waals surface area contributed by atoms with Crippen LogP contribution < -0.4 is 10.2 Å². The first-order valence-electron chi connectivity index (χ1n) is 6.22. The van der Waals surface area contributed by atoms with Crippen LogP contribution in [0.5, 0.6) is 0 Å². The van der Waals surface area contributed by atoms with Gasteiger partial charge in [0.15, 0.2) is 0 Å². The molecule has 1 aromatic carbocycles. The van der Waals surface area contributed by atoms with Gasteiger partial charge < -0.3 is 10.2 Å². The van der Waals surface area contributed by atoms with Crippen molar-refractivity contribution in [3.63, 3.8) is 0 Å². The van der Waals surface area contributed by atoms with E-state index in [1.807, 2.05) is 44.4 Å². The molecule has 0 unspecified atom stereocenters. The van der Waals surface area contributed by atoms with E-state index in [1.165, 1.54) is 0 Å². The molecular formula is C14H19FN4. The van der Waals surface area contributed by atoms with Crippen molar-refractivity contribution >= 4 is 5.69 Å². The molecule has 19 heavy (non-hydrogen) atoms. The Balaban J connectivity index is 2.12. The number of hydrogen-bond donors (Lipinski definition) is 1. The third kappa shape index (κ3) is 3.32. The summed E-state index contributed by atoms with van der Waals surface area (Å²) in [6.45, 7) is 1.31. The van der Waals surface area contributed by atoms with E-state index in [0.29, 0.717) is 18.8 Å². The Morgan fingerprint density at radius 1 is 1.37 bits per heavy atom. The normalized spacial score (nSPS) is 10.7. The third-order valence-electron chi connectivity index (χ3n) is 2.98. The number of benzene rings is 1. The van der Waals surface area contributed by atoms with Crippen LogP contribution in [0, 0.1) is 5.82 Å². The maximum atomic E-state index is 14.0. The summed E-state index contributed by atoms with van der Waals surface area (Å²) in [7, 11) is 5.60. The lowest BCUT2D eigenvalue weighted by Crippen LogP contribution is -2.17. The molecular weight excluding hydrogens is 243 g/mol. The van der Waals surface area contributed by atoms with Crippen LogP contribution in [0.4, 0.5) is 10.1 Å². The molecule has 1 heterocycles. The molecule has 4 nitrogen and oxygen atoms in total. The topological polar surface area (TPSA) is 33.1 Å². The van der Waals surface area contributed by atoms with E-state index in [1.54, 1.807) is 16.9 Å². The second kappa shape index (κ2) is 5.84. The molecule has 2 aromatic rings. The number of halogens is 1. The number of aromatic nitrogens is 2. The maximum absolute atomic E-state index is 14.0. The minimum atomic E-state index is -0.195. The number of anilines is 1. The molecule has 5 heteroatoms. The van der Waals surface area contributed by atoms with E-state index >= 15 is 0 Å². The van der Waals surface area contributed by atoms with Crippen LogP contribution in [-0.4, -0.2) is 23.9 Å². The number of nitrogens with zero attached hydrogens (tertiary/aromatic N) is 3. The van der Waals surface area contributed by atoms with Crippen LogP contribution in [0.15, 0.2) is 30.6 Å². The van der Waals surface area contributed by atoms with Crippen LogP contribution >= 0.6 is 0 Å². The summed E-state index contributed by atoms with van der Waals surface area (Å²) in [6, 6.07) is 5.33. The molecule has 0 aliphatic heterocycles.